The molecule has 0 saturated carbocycles. The summed E-state index contributed by atoms with van der Waals surface area (Å²) in [6.45, 7) is 3.48. The summed E-state index contributed by atoms with van der Waals surface area (Å²) in [6, 6.07) is 11.1. The van der Waals surface area contributed by atoms with Crippen LogP contribution in [-0.4, -0.2) is 19.0 Å². The van der Waals surface area contributed by atoms with Crippen molar-refractivity contribution < 1.29 is 18.7 Å². The van der Waals surface area contributed by atoms with Crippen LogP contribution in [0.1, 0.15) is 32.2 Å². The number of ether oxygens (including phenoxy) is 1. The Labute approximate surface area is 153 Å². The second-order valence-corrected chi connectivity index (χ2v) is 6.39. The Kier molecular flexibility index (Phi) is 4.63. The number of aryl methyl sites for hydroxylation is 2. The van der Waals surface area contributed by atoms with Crippen molar-refractivity contribution in [2.45, 2.75) is 13.8 Å². The van der Waals surface area contributed by atoms with E-state index in [1.807, 2.05) is 24.3 Å². The molecule has 0 spiro atoms. The number of esters is 1. The SMILES string of the molecule is COC(=O)c1cc2ccccc2cc1NC(=O)c1c(C)oc(C)c1Br. The van der Waals surface area contributed by atoms with Crippen molar-refractivity contribution in [2.24, 2.45) is 0 Å². The van der Waals surface area contributed by atoms with Crippen LogP contribution in [0.2, 0.25) is 0 Å². The molecule has 0 aliphatic rings. The average molecular weight is 402 g/mol. The van der Waals surface area contributed by atoms with Gasteiger partial charge in [-0.15, -0.1) is 0 Å². The standard InChI is InChI=1S/C19H16BrNO4/c1-10-16(17(20)11(2)25-10)18(22)21-15-9-13-7-5-4-6-12(13)8-14(15)19(23)24-3/h4-9H,1-3H3,(H,21,22). The van der Waals surface area contributed by atoms with Crippen molar-refractivity contribution in [3.63, 3.8) is 0 Å². The molecular weight excluding hydrogens is 386 g/mol. The lowest BCUT2D eigenvalue weighted by Gasteiger charge is -2.11. The number of furan rings is 1. The predicted molar refractivity (Wildman–Crippen MR) is 99.1 cm³/mol. The van der Waals surface area contributed by atoms with Crippen LogP contribution in [0.3, 0.4) is 0 Å². The summed E-state index contributed by atoms with van der Waals surface area (Å²) in [5, 5.41) is 4.59. The molecule has 0 aliphatic heterocycles. The van der Waals surface area contributed by atoms with E-state index in [2.05, 4.69) is 21.2 Å². The summed E-state index contributed by atoms with van der Waals surface area (Å²) >= 11 is 3.37. The Morgan fingerprint density at radius 1 is 1.08 bits per heavy atom. The van der Waals surface area contributed by atoms with Crippen LogP contribution in [0.5, 0.6) is 0 Å². The zero-order valence-electron chi connectivity index (χ0n) is 14.0. The van der Waals surface area contributed by atoms with Crippen molar-refractivity contribution >= 4 is 44.3 Å². The normalized spacial score (nSPS) is 10.7. The van der Waals surface area contributed by atoms with Crippen LogP contribution >= 0.6 is 15.9 Å². The highest BCUT2D eigenvalue weighted by molar-refractivity contribution is 9.10. The van der Waals surface area contributed by atoms with Gasteiger partial charge in [-0.05, 0) is 52.7 Å². The molecule has 0 atom stereocenters. The molecule has 0 aliphatic carbocycles. The van der Waals surface area contributed by atoms with Gasteiger partial charge >= 0.3 is 5.97 Å². The first-order valence-corrected chi connectivity index (χ1v) is 8.39. The number of rotatable bonds is 3. The molecule has 0 radical (unpaired) electrons. The molecule has 5 nitrogen and oxygen atoms in total. The summed E-state index contributed by atoms with van der Waals surface area (Å²) in [5.41, 5.74) is 1.09. The molecule has 128 valence electrons. The number of hydrogen-bond donors (Lipinski definition) is 1. The van der Waals surface area contributed by atoms with E-state index in [9.17, 15) is 9.59 Å². The fourth-order valence-corrected chi connectivity index (χ4v) is 3.26. The third-order valence-electron chi connectivity index (χ3n) is 3.95. The van der Waals surface area contributed by atoms with E-state index in [-0.39, 0.29) is 5.91 Å². The number of halogens is 1. The maximum Gasteiger partial charge on any atom is 0.339 e. The van der Waals surface area contributed by atoms with Crippen LogP contribution in [0.15, 0.2) is 45.3 Å². The predicted octanol–water partition coefficient (Wildman–Crippen LogP) is 4.85. The van der Waals surface area contributed by atoms with Crippen LogP contribution < -0.4 is 5.32 Å². The summed E-state index contributed by atoms with van der Waals surface area (Å²) in [6.07, 6.45) is 0. The maximum atomic E-state index is 12.7. The Balaban J connectivity index is 2.07. The molecule has 0 bridgehead atoms. The van der Waals surface area contributed by atoms with Crippen LogP contribution in [0.25, 0.3) is 10.8 Å². The second kappa shape index (κ2) is 6.72. The minimum atomic E-state index is -0.514. The number of nitrogens with one attached hydrogen (secondary N) is 1. The summed E-state index contributed by atoms with van der Waals surface area (Å²) < 4.78 is 10.9. The number of carbonyl (C=O) groups excluding carboxylic acids is 2. The van der Waals surface area contributed by atoms with Gasteiger partial charge in [0.2, 0.25) is 0 Å². The third kappa shape index (κ3) is 3.17. The lowest BCUT2D eigenvalue weighted by molar-refractivity contribution is 0.0602. The van der Waals surface area contributed by atoms with Crippen molar-refractivity contribution in [3.05, 3.63) is 63.5 Å². The average Bonchev–Trinajstić information content (AvgIpc) is 2.85. The smallest absolute Gasteiger partial charge is 0.339 e. The molecule has 3 rings (SSSR count). The molecule has 0 saturated heterocycles. The molecular formula is C19H16BrNO4. The van der Waals surface area contributed by atoms with Crippen LogP contribution in [-0.2, 0) is 4.74 Å². The molecule has 0 unspecified atom stereocenters. The Morgan fingerprint density at radius 2 is 1.72 bits per heavy atom. The minimum Gasteiger partial charge on any atom is -0.465 e. The Morgan fingerprint density at radius 3 is 2.28 bits per heavy atom. The molecule has 1 N–H and O–H groups in total. The topological polar surface area (TPSA) is 68.5 Å². The van der Waals surface area contributed by atoms with Gasteiger partial charge in [-0.2, -0.15) is 0 Å². The third-order valence-corrected chi connectivity index (χ3v) is 4.91. The molecule has 0 fully saturated rings. The first-order valence-electron chi connectivity index (χ1n) is 7.60. The zero-order valence-corrected chi connectivity index (χ0v) is 15.6. The Bertz CT molecular complexity index is 990. The van der Waals surface area contributed by atoms with E-state index in [4.69, 9.17) is 9.15 Å². The van der Waals surface area contributed by atoms with E-state index in [0.29, 0.717) is 32.8 Å². The maximum absolute atomic E-state index is 12.7. The van der Waals surface area contributed by atoms with E-state index in [1.165, 1.54) is 7.11 Å². The van der Waals surface area contributed by atoms with Crippen molar-refractivity contribution in [1.29, 1.82) is 0 Å². The fourth-order valence-electron chi connectivity index (χ4n) is 2.72. The summed E-state index contributed by atoms with van der Waals surface area (Å²) in [5.74, 6) is 0.249. The molecule has 2 aromatic carbocycles. The van der Waals surface area contributed by atoms with Gasteiger partial charge in [-0.1, -0.05) is 24.3 Å². The molecule has 1 amide bonds. The molecule has 25 heavy (non-hydrogen) atoms. The van der Waals surface area contributed by atoms with Crippen molar-refractivity contribution in [2.75, 3.05) is 12.4 Å². The van der Waals surface area contributed by atoms with Crippen LogP contribution in [0, 0.1) is 13.8 Å². The van der Waals surface area contributed by atoms with Gasteiger partial charge in [0, 0.05) is 0 Å². The lowest BCUT2D eigenvalue weighted by atomic mass is 10.0. The van der Waals surface area contributed by atoms with E-state index in [1.54, 1.807) is 26.0 Å². The highest BCUT2D eigenvalue weighted by Gasteiger charge is 2.22. The molecule has 6 heteroatoms. The number of anilines is 1. The number of fused-ring (bicyclic) bond motifs is 1. The fraction of sp³-hybridized carbons (Fsp3) is 0.158. The first-order chi connectivity index (χ1) is 11.9. The molecule has 1 heterocycles. The van der Waals surface area contributed by atoms with Gasteiger partial charge in [-0.25, -0.2) is 4.79 Å². The first kappa shape index (κ1) is 17.2. The highest BCUT2D eigenvalue weighted by atomic mass is 79.9. The van der Waals surface area contributed by atoms with Crippen LogP contribution in [0.4, 0.5) is 5.69 Å². The monoisotopic (exact) mass is 401 g/mol. The number of amides is 1. The highest BCUT2D eigenvalue weighted by Crippen LogP contribution is 2.30. The molecule has 3 aromatic rings. The van der Waals surface area contributed by atoms with Gasteiger partial charge in [-0.3, -0.25) is 4.79 Å². The van der Waals surface area contributed by atoms with Gasteiger partial charge in [0.05, 0.1) is 28.4 Å². The number of benzene rings is 2. The second-order valence-electron chi connectivity index (χ2n) is 5.59. The number of carbonyl (C=O) groups is 2. The van der Waals surface area contributed by atoms with E-state index in [0.717, 1.165) is 10.8 Å². The van der Waals surface area contributed by atoms with Gasteiger partial charge in [0.15, 0.2) is 0 Å². The molecule has 1 aromatic heterocycles. The number of hydrogen-bond acceptors (Lipinski definition) is 4. The van der Waals surface area contributed by atoms with Crippen molar-refractivity contribution in [1.82, 2.24) is 0 Å². The largest absolute Gasteiger partial charge is 0.465 e. The summed E-state index contributed by atoms with van der Waals surface area (Å²) in [4.78, 5) is 24.8. The van der Waals surface area contributed by atoms with Crippen molar-refractivity contribution in [3.8, 4) is 0 Å². The van der Waals surface area contributed by atoms with Gasteiger partial charge in [0.1, 0.15) is 11.5 Å². The van der Waals surface area contributed by atoms with E-state index >= 15 is 0 Å². The lowest BCUT2D eigenvalue weighted by Crippen LogP contribution is -2.16. The summed E-state index contributed by atoms with van der Waals surface area (Å²) in [7, 11) is 1.31. The zero-order chi connectivity index (χ0) is 18.1. The van der Waals surface area contributed by atoms with Gasteiger partial charge in [0.25, 0.3) is 5.91 Å². The minimum absolute atomic E-state index is 0.295. The van der Waals surface area contributed by atoms with E-state index < -0.39 is 5.97 Å². The number of methoxy groups -OCH3 is 1. The quantitative estimate of drug-likeness (QED) is 0.636. The van der Waals surface area contributed by atoms with Gasteiger partial charge < -0.3 is 14.5 Å². The Hall–Kier alpha value is -2.60.